The number of ether oxygens (including phenoxy) is 1. The van der Waals surface area contributed by atoms with Gasteiger partial charge in [0.2, 0.25) is 5.95 Å². The first-order valence-corrected chi connectivity index (χ1v) is 7.20. The van der Waals surface area contributed by atoms with Crippen LogP contribution in [0.2, 0.25) is 0 Å². The van der Waals surface area contributed by atoms with Crippen molar-refractivity contribution in [3.63, 3.8) is 0 Å². The minimum atomic E-state index is 0.346. The molecule has 2 aliphatic rings. The van der Waals surface area contributed by atoms with Crippen molar-refractivity contribution in [2.45, 2.75) is 63.1 Å². The quantitative estimate of drug-likeness (QED) is 0.891. The average molecular weight is 249 g/mol. The predicted molar refractivity (Wildman–Crippen MR) is 71.8 cm³/mol. The zero-order valence-electron chi connectivity index (χ0n) is 11.1. The van der Waals surface area contributed by atoms with Crippen LogP contribution in [0, 0.1) is 0 Å². The van der Waals surface area contributed by atoms with E-state index in [4.69, 9.17) is 4.74 Å². The van der Waals surface area contributed by atoms with E-state index in [9.17, 15) is 0 Å². The third-order valence-corrected chi connectivity index (χ3v) is 4.46. The summed E-state index contributed by atoms with van der Waals surface area (Å²) in [6.45, 7) is 0. The lowest BCUT2D eigenvalue weighted by Gasteiger charge is -2.22. The Hall–Kier alpha value is -1.03. The van der Waals surface area contributed by atoms with Gasteiger partial charge in [-0.1, -0.05) is 12.8 Å². The molecular weight excluding hydrogens is 226 g/mol. The molecule has 2 unspecified atom stereocenters. The average Bonchev–Trinajstić information content (AvgIpc) is 3.09. The van der Waals surface area contributed by atoms with Gasteiger partial charge in [-0.05, 0) is 32.1 Å². The fourth-order valence-electron chi connectivity index (χ4n) is 3.44. The third kappa shape index (κ3) is 2.26. The Morgan fingerprint density at radius 2 is 2.06 bits per heavy atom. The molecule has 18 heavy (non-hydrogen) atoms. The normalized spacial score (nSPS) is 28.9. The van der Waals surface area contributed by atoms with E-state index in [0.29, 0.717) is 18.2 Å². The summed E-state index contributed by atoms with van der Waals surface area (Å²) in [7, 11) is 1.81. The zero-order chi connectivity index (χ0) is 12.4. The lowest BCUT2D eigenvalue weighted by Crippen LogP contribution is -2.31. The second-order valence-electron chi connectivity index (χ2n) is 5.55. The Balaban J connectivity index is 1.70. The molecule has 2 fully saturated rings. The largest absolute Gasteiger partial charge is 0.379 e. The molecule has 1 N–H and O–H groups in total. The van der Waals surface area contributed by atoms with Gasteiger partial charge in [0.1, 0.15) is 0 Å². The molecule has 3 rings (SSSR count). The molecule has 0 bridgehead atoms. The number of hydrogen-bond donors (Lipinski definition) is 1. The van der Waals surface area contributed by atoms with E-state index in [2.05, 4.69) is 21.1 Å². The third-order valence-electron chi connectivity index (χ3n) is 4.46. The number of methoxy groups -OCH3 is 1. The summed E-state index contributed by atoms with van der Waals surface area (Å²) in [6.07, 6.45) is 13.3. The van der Waals surface area contributed by atoms with Crippen molar-refractivity contribution >= 4 is 5.95 Å². The smallest absolute Gasteiger partial charge is 0.203 e. The van der Waals surface area contributed by atoms with Crippen LogP contribution in [0.5, 0.6) is 0 Å². The summed E-state index contributed by atoms with van der Waals surface area (Å²) in [4.78, 5) is 4.49. The Bertz CT molecular complexity index is 384. The SMILES string of the molecule is COC1CCCC1Nc1nccn1C1CCCC1. The molecule has 0 aliphatic heterocycles. The molecule has 0 saturated heterocycles. The summed E-state index contributed by atoms with van der Waals surface area (Å²) >= 11 is 0. The highest BCUT2D eigenvalue weighted by Gasteiger charge is 2.28. The second kappa shape index (κ2) is 5.31. The van der Waals surface area contributed by atoms with E-state index in [1.54, 1.807) is 0 Å². The van der Waals surface area contributed by atoms with Gasteiger partial charge in [-0.25, -0.2) is 4.98 Å². The van der Waals surface area contributed by atoms with Crippen molar-refractivity contribution in [2.75, 3.05) is 12.4 Å². The van der Waals surface area contributed by atoms with Crippen molar-refractivity contribution < 1.29 is 4.74 Å². The van der Waals surface area contributed by atoms with E-state index < -0.39 is 0 Å². The van der Waals surface area contributed by atoms with Crippen molar-refractivity contribution in [2.24, 2.45) is 0 Å². The number of nitrogens with zero attached hydrogens (tertiary/aromatic N) is 2. The van der Waals surface area contributed by atoms with Crippen molar-refractivity contribution in [3.05, 3.63) is 12.4 Å². The lowest BCUT2D eigenvalue weighted by atomic mass is 10.2. The van der Waals surface area contributed by atoms with Gasteiger partial charge in [0.15, 0.2) is 0 Å². The topological polar surface area (TPSA) is 39.1 Å². The number of hydrogen-bond acceptors (Lipinski definition) is 3. The minimum absolute atomic E-state index is 0.346. The van der Waals surface area contributed by atoms with Crippen LogP contribution in [0.4, 0.5) is 5.95 Å². The number of nitrogens with one attached hydrogen (secondary N) is 1. The van der Waals surface area contributed by atoms with E-state index >= 15 is 0 Å². The van der Waals surface area contributed by atoms with Crippen LogP contribution in [-0.4, -0.2) is 28.8 Å². The number of imidazole rings is 1. The Morgan fingerprint density at radius 1 is 1.22 bits per heavy atom. The number of rotatable bonds is 4. The van der Waals surface area contributed by atoms with Gasteiger partial charge >= 0.3 is 0 Å². The fourth-order valence-corrected chi connectivity index (χ4v) is 3.44. The standard InChI is InChI=1S/C14H23N3O/c1-18-13-8-4-7-12(13)16-14-15-9-10-17(14)11-5-2-3-6-11/h9-13H,2-8H2,1H3,(H,15,16). The summed E-state index contributed by atoms with van der Waals surface area (Å²) in [5, 5.41) is 3.59. The molecule has 1 aromatic heterocycles. The van der Waals surface area contributed by atoms with Crippen LogP contribution in [0.1, 0.15) is 51.0 Å². The Kier molecular flexibility index (Phi) is 3.55. The maximum Gasteiger partial charge on any atom is 0.203 e. The second-order valence-corrected chi connectivity index (χ2v) is 5.55. The molecule has 0 radical (unpaired) electrons. The van der Waals surface area contributed by atoms with Gasteiger partial charge in [0, 0.05) is 25.5 Å². The molecule has 1 aromatic rings. The van der Waals surface area contributed by atoms with Gasteiger partial charge < -0.3 is 14.6 Å². The van der Waals surface area contributed by atoms with Gasteiger partial charge in [0.05, 0.1) is 12.1 Å². The van der Waals surface area contributed by atoms with Gasteiger partial charge in [-0.2, -0.15) is 0 Å². The highest BCUT2D eigenvalue weighted by Crippen LogP contribution is 2.32. The van der Waals surface area contributed by atoms with Crippen LogP contribution in [0.15, 0.2) is 12.4 Å². The predicted octanol–water partition coefficient (Wildman–Crippen LogP) is 2.98. The maximum atomic E-state index is 5.54. The summed E-state index contributed by atoms with van der Waals surface area (Å²) < 4.78 is 7.87. The Labute approximate surface area is 109 Å². The minimum Gasteiger partial charge on any atom is -0.379 e. The summed E-state index contributed by atoms with van der Waals surface area (Å²) in [5.41, 5.74) is 0. The van der Waals surface area contributed by atoms with Gasteiger partial charge in [-0.3, -0.25) is 0 Å². The van der Waals surface area contributed by atoms with Crippen LogP contribution >= 0.6 is 0 Å². The zero-order valence-corrected chi connectivity index (χ0v) is 11.1. The van der Waals surface area contributed by atoms with Crippen LogP contribution in [0.3, 0.4) is 0 Å². The van der Waals surface area contributed by atoms with Crippen molar-refractivity contribution in [3.8, 4) is 0 Å². The monoisotopic (exact) mass is 249 g/mol. The fraction of sp³-hybridized carbons (Fsp3) is 0.786. The first kappa shape index (κ1) is 12.0. The molecule has 0 spiro atoms. The van der Waals surface area contributed by atoms with Crippen LogP contribution < -0.4 is 5.32 Å². The highest BCUT2D eigenvalue weighted by atomic mass is 16.5. The molecular formula is C14H23N3O. The van der Waals surface area contributed by atoms with Gasteiger partial charge in [0.25, 0.3) is 0 Å². The van der Waals surface area contributed by atoms with Gasteiger partial charge in [-0.15, -0.1) is 0 Å². The van der Waals surface area contributed by atoms with E-state index in [-0.39, 0.29) is 0 Å². The number of anilines is 1. The first-order valence-electron chi connectivity index (χ1n) is 7.20. The number of aromatic nitrogens is 2. The molecule has 2 aliphatic carbocycles. The van der Waals surface area contributed by atoms with Crippen LogP contribution in [-0.2, 0) is 4.74 Å². The molecule has 4 heteroatoms. The first-order chi connectivity index (χ1) is 8.88. The van der Waals surface area contributed by atoms with Crippen LogP contribution in [0.25, 0.3) is 0 Å². The molecule has 2 saturated carbocycles. The lowest BCUT2D eigenvalue weighted by molar-refractivity contribution is 0.100. The molecule has 1 heterocycles. The summed E-state index contributed by atoms with van der Waals surface area (Å²) in [5.74, 6) is 1.04. The summed E-state index contributed by atoms with van der Waals surface area (Å²) in [6, 6.07) is 1.08. The Morgan fingerprint density at radius 3 is 2.83 bits per heavy atom. The molecule has 2 atom stereocenters. The molecule has 100 valence electrons. The van der Waals surface area contributed by atoms with Crippen molar-refractivity contribution in [1.82, 2.24) is 9.55 Å². The maximum absolute atomic E-state index is 5.54. The molecule has 4 nitrogen and oxygen atoms in total. The molecule has 0 amide bonds. The molecule has 0 aromatic carbocycles. The van der Waals surface area contributed by atoms with E-state index in [1.165, 1.54) is 38.5 Å². The van der Waals surface area contributed by atoms with E-state index in [0.717, 1.165) is 12.4 Å². The highest BCUT2D eigenvalue weighted by molar-refractivity contribution is 5.29. The van der Waals surface area contributed by atoms with E-state index in [1.807, 2.05) is 13.3 Å². The van der Waals surface area contributed by atoms with Crippen molar-refractivity contribution in [1.29, 1.82) is 0 Å².